The van der Waals surface area contributed by atoms with Gasteiger partial charge < -0.3 is 19.7 Å². The summed E-state index contributed by atoms with van der Waals surface area (Å²) in [6, 6.07) is 16.0. The van der Waals surface area contributed by atoms with Crippen LogP contribution in [0, 0.1) is 11.6 Å². The van der Waals surface area contributed by atoms with Gasteiger partial charge >= 0.3 is 0 Å². The van der Waals surface area contributed by atoms with Gasteiger partial charge in [0.15, 0.2) is 5.11 Å². The molecule has 2 amide bonds. The average Bonchev–Trinajstić information content (AvgIpc) is 3.13. The van der Waals surface area contributed by atoms with E-state index in [2.05, 4.69) is 5.32 Å². The first-order valence-corrected chi connectivity index (χ1v) is 11.9. The van der Waals surface area contributed by atoms with Gasteiger partial charge in [0.05, 0.1) is 32.0 Å². The minimum atomic E-state index is -0.919. The molecule has 1 N–H and O–H groups in total. The molecule has 0 aliphatic carbocycles. The molecule has 1 atom stereocenters. The molecule has 1 heterocycles. The van der Waals surface area contributed by atoms with Gasteiger partial charge in [-0.2, -0.15) is 0 Å². The van der Waals surface area contributed by atoms with E-state index in [4.69, 9.17) is 21.7 Å². The van der Waals surface area contributed by atoms with Gasteiger partial charge in [-0.25, -0.2) is 8.78 Å². The molecule has 0 saturated carbocycles. The van der Waals surface area contributed by atoms with E-state index in [1.54, 1.807) is 12.0 Å². The molecule has 1 fully saturated rings. The summed E-state index contributed by atoms with van der Waals surface area (Å²) in [5.41, 5.74) is 1.36. The number of carbonyl (C=O) groups excluding carboxylic acids is 2. The van der Waals surface area contributed by atoms with E-state index in [0.29, 0.717) is 24.4 Å². The molecular weight excluding hydrogens is 500 g/mol. The topological polar surface area (TPSA) is 71.1 Å². The molecule has 0 aromatic heterocycles. The highest BCUT2D eigenvalue weighted by Gasteiger charge is 2.44. The molecule has 0 radical (unpaired) electrons. The monoisotopic (exact) mass is 525 g/mol. The third-order valence-electron chi connectivity index (χ3n) is 6.03. The van der Waals surface area contributed by atoms with Crippen LogP contribution in [-0.4, -0.2) is 48.6 Å². The molecule has 10 heteroatoms. The molecule has 37 heavy (non-hydrogen) atoms. The van der Waals surface area contributed by atoms with Gasteiger partial charge in [-0.05, 0) is 72.7 Å². The van der Waals surface area contributed by atoms with Gasteiger partial charge in [0, 0.05) is 12.6 Å². The lowest BCUT2D eigenvalue weighted by Gasteiger charge is -2.24. The van der Waals surface area contributed by atoms with Crippen molar-refractivity contribution in [3.8, 4) is 11.5 Å². The molecule has 0 bridgehead atoms. The van der Waals surface area contributed by atoms with Crippen LogP contribution in [-0.2, 0) is 16.0 Å². The molecule has 3 aromatic carbocycles. The molecule has 3 aromatic rings. The maximum absolute atomic E-state index is 14.4. The Bertz CT molecular complexity index is 1300. The van der Waals surface area contributed by atoms with E-state index in [9.17, 15) is 18.4 Å². The molecule has 0 spiro atoms. The van der Waals surface area contributed by atoms with Crippen molar-refractivity contribution in [1.29, 1.82) is 0 Å². The molecule has 1 saturated heterocycles. The first-order chi connectivity index (χ1) is 17.8. The molecule has 4 rings (SSSR count). The largest absolute Gasteiger partial charge is 0.497 e. The van der Waals surface area contributed by atoms with Gasteiger partial charge in [0.2, 0.25) is 5.91 Å². The summed E-state index contributed by atoms with van der Waals surface area (Å²) >= 11 is 5.63. The van der Waals surface area contributed by atoms with Gasteiger partial charge in [0.25, 0.3) is 5.91 Å². The number of halogens is 2. The number of benzene rings is 3. The Balaban J connectivity index is 1.55. The summed E-state index contributed by atoms with van der Waals surface area (Å²) in [6.45, 7) is 0.351. The van der Waals surface area contributed by atoms with E-state index in [1.807, 2.05) is 24.3 Å². The van der Waals surface area contributed by atoms with E-state index in [1.165, 1.54) is 48.4 Å². The van der Waals surface area contributed by atoms with Crippen molar-refractivity contribution in [1.82, 2.24) is 4.90 Å². The van der Waals surface area contributed by atoms with Crippen LogP contribution in [0.15, 0.2) is 66.7 Å². The van der Waals surface area contributed by atoms with E-state index in [-0.39, 0.29) is 17.2 Å². The van der Waals surface area contributed by atoms with Crippen LogP contribution in [0.3, 0.4) is 0 Å². The van der Waals surface area contributed by atoms with Crippen molar-refractivity contribution in [3.63, 3.8) is 0 Å². The summed E-state index contributed by atoms with van der Waals surface area (Å²) in [5, 5.41) is 2.73. The van der Waals surface area contributed by atoms with Crippen LogP contribution in [0.5, 0.6) is 11.5 Å². The fraction of sp³-hybridized carbons (Fsp3) is 0.222. The highest BCUT2D eigenvalue weighted by atomic mass is 32.1. The lowest BCUT2D eigenvalue weighted by molar-refractivity contribution is -0.124. The average molecular weight is 526 g/mol. The predicted molar refractivity (Wildman–Crippen MR) is 140 cm³/mol. The zero-order chi connectivity index (χ0) is 26.5. The third kappa shape index (κ3) is 5.86. The number of thiocarbonyl (C=S) groups is 1. The maximum atomic E-state index is 14.4. The third-order valence-corrected chi connectivity index (χ3v) is 6.45. The highest BCUT2D eigenvalue weighted by molar-refractivity contribution is 7.80. The number of hydrogen-bond donors (Lipinski definition) is 1. The van der Waals surface area contributed by atoms with Crippen molar-refractivity contribution in [2.75, 3.05) is 31.0 Å². The Kier molecular flexibility index (Phi) is 7.98. The summed E-state index contributed by atoms with van der Waals surface area (Å²) in [6.07, 6.45) is 0.282. The lowest BCUT2D eigenvalue weighted by atomic mass is 10.1. The second-order valence-corrected chi connectivity index (χ2v) is 8.70. The zero-order valence-electron chi connectivity index (χ0n) is 20.2. The molecular formula is C27H25F2N3O4S. The summed E-state index contributed by atoms with van der Waals surface area (Å²) in [7, 11) is 3.00. The lowest BCUT2D eigenvalue weighted by Crippen LogP contribution is -2.39. The minimum Gasteiger partial charge on any atom is -0.497 e. The number of amides is 2. The van der Waals surface area contributed by atoms with Crippen LogP contribution < -0.4 is 19.7 Å². The van der Waals surface area contributed by atoms with Gasteiger partial charge in [-0.15, -0.1) is 0 Å². The number of anilines is 2. The normalized spacial score (nSPS) is 15.2. The SMILES string of the molecule is COc1ccc(CCN2C(=S)N(c3ccc(F)cc3)C(=O)C2CC(=O)Nc2ccc(OC)cc2F)cc1. The summed E-state index contributed by atoms with van der Waals surface area (Å²) in [5.74, 6) is -1.05. The molecule has 1 aliphatic rings. The van der Waals surface area contributed by atoms with Crippen LogP contribution in [0.25, 0.3) is 0 Å². The number of rotatable bonds is 9. The van der Waals surface area contributed by atoms with Crippen LogP contribution in [0.2, 0.25) is 0 Å². The van der Waals surface area contributed by atoms with Crippen LogP contribution in [0.4, 0.5) is 20.2 Å². The Hall–Kier alpha value is -4.05. The van der Waals surface area contributed by atoms with Gasteiger partial charge in [0.1, 0.15) is 29.2 Å². The van der Waals surface area contributed by atoms with E-state index < -0.39 is 29.5 Å². The number of ether oxygens (including phenoxy) is 2. The fourth-order valence-corrected chi connectivity index (χ4v) is 4.47. The highest BCUT2D eigenvalue weighted by Crippen LogP contribution is 2.28. The Morgan fingerprint density at radius 3 is 2.24 bits per heavy atom. The van der Waals surface area contributed by atoms with Gasteiger partial charge in [-0.1, -0.05) is 12.1 Å². The molecule has 1 aliphatic heterocycles. The van der Waals surface area contributed by atoms with Crippen molar-refractivity contribution < 1.29 is 27.8 Å². The first-order valence-electron chi connectivity index (χ1n) is 11.5. The summed E-state index contributed by atoms with van der Waals surface area (Å²) < 4.78 is 38.0. The smallest absolute Gasteiger partial charge is 0.256 e. The van der Waals surface area contributed by atoms with Crippen molar-refractivity contribution >= 4 is 40.5 Å². The zero-order valence-corrected chi connectivity index (χ0v) is 21.1. The Labute approximate surface area is 218 Å². The quantitative estimate of drug-likeness (QED) is 0.413. The second-order valence-electron chi connectivity index (χ2n) is 8.34. The predicted octanol–water partition coefficient (Wildman–Crippen LogP) is 4.56. The minimum absolute atomic E-state index is 0.0287. The molecule has 1 unspecified atom stereocenters. The standard InChI is InChI=1S/C27H25F2N3O4S/c1-35-20-9-3-17(4-10-20)13-14-31-24(16-25(33)30-23-12-11-21(36-2)15-22(23)29)26(34)32(27(31)37)19-7-5-18(28)6-8-19/h3-12,15,24H,13-14,16H2,1-2H3,(H,30,33). The molecule has 7 nitrogen and oxygen atoms in total. The molecule has 192 valence electrons. The number of nitrogens with one attached hydrogen (secondary N) is 1. The van der Waals surface area contributed by atoms with E-state index >= 15 is 0 Å². The Morgan fingerprint density at radius 1 is 0.973 bits per heavy atom. The number of methoxy groups -OCH3 is 2. The second kappa shape index (κ2) is 11.3. The first kappa shape index (κ1) is 26.0. The Morgan fingerprint density at radius 2 is 1.62 bits per heavy atom. The van der Waals surface area contributed by atoms with Crippen molar-refractivity contribution in [3.05, 3.63) is 83.9 Å². The maximum Gasteiger partial charge on any atom is 0.256 e. The number of nitrogens with zero attached hydrogens (tertiary/aromatic N) is 2. The summed E-state index contributed by atoms with van der Waals surface area (Å²) in [4.78, 5) is 29.3. The van der Waals surface area contributed by atoms with Crippen LogP contribution in [0.1, 0.15) is 12.0 Å². The van der Waals surface area contributed by atoms with E-state index in [0.717, 1.165) is 17.4 Å². The van der Waals surface area contributed by atoms with Crippen molar-refractivity contribution in [2.45, 2.75) is 18.9 Å². The van der Waals surface area contributed by atoms with Crippen LogP contribution >= 0.6 is 12.2 Å². The number of hydrogen-bond acceptors (Lipinski definition) is 5. The fourth-order valence-electron chi connectivity index (χ4n) is 4.06. The van der Waals surface area contributed by atoms with Gasteiger partial charge in [-0.3, -0.25) is 14.5 Å². The number of carbonyl (C=O) groups is 2. The van der Waals surface area contributed by atoms with Crippen molar-refractivity contribution in [2.24, 2.45) is 0 Å².